The molecule has 0 aliphatic carbocycles. The van der Waals surface area contributed by atoms with E-state index in [2.05, 4.69) is 0 Å². The molecule has 1 fully saturated rings. The van der Waals surface area contributed by atoms with Crippen LogP contribution >= 0.6 is 11.8 Å². The lowest BCUT2D eigenvalue weighted by atomic mass is 10.1. The SMILES string of the molecule is Cc1cc(SC2CCOCC2)ccc1C(=O)O. The molecule has 0 atom stereocenters. The standard InChI is InChI=1S/C13H16O3S/c1-9-8-11(2-3-12(9)13(14)15)17-10-4-6-16-7-5-10/h2-3,8,10H,4-7H2,1H3,(H,14,15). The van der Waals surface area contributed by atoms with Gasteiger partial charge in [-0.05, 0) is 43.5 Å². The second kappa shape index (κ2) is 5.56. The summed E-state index contributed by atoms with van der Waals surface area (Å²) in [6.45, 7) is 3.52. The molecular formula is C13H16O3S. The van der Waals surface area contributed by atoms with Crippen LogP contribution in [-0.2, 0) is 4.74 Å². The maximum atomic E-state index is 10.9. The molecule has 1 N–H and O–H groups in total. The van der Waals surface area contributed by atoms with Crippen LogP contribution in [-0.4, -0.2) is 29.5 Å². The number of aromatic carboxylic acids is 1. The summed E-state index contributed by atoms with van der Waals surface area (Å²) in [6.07, 6.45) is 2.15. The zero-order valence-corrected chi connectivity index (χ0v) is 10.6. The van der Waals surface area contributed by atoms with Crippen LogP contribution in [0.1, 0.15) is 28.8 Å². The fraction of sp³-hybridized carbons (Fsp3) is 0.462. The monoisotopic (exact) mass is 252 g/mol. The normalized spacial score (nSPS) is 17.0. The Balaban J connectivity index is 2.06. The van der Waals surface area contributed by atoms with Crippen LogP contribution in [0.5, 0.6) is 0 Å². The molecule has 1 aliphatic rings. The van der Waals surface area contributed by atoms with E-state index in [-0.39, 0.29) is 0 Å². The first-order valence-corrected chi connectivity index (χ1v) is 6.63. The number of ether oxygens (including phenoxy) is 1. The highest BCUT2D eigenvalue weighted by Gasteiger charge is 2.15. The van der Waals surface area contributed by atoms with E-state index in [1.165, 1.54) is 0 Å². The molecule has 4 heteroatoms. The average Bonchev–Trinajstić information content (AvgIpc) is 2.30. The summed E-state index contributed by atoms with van der Waals surface area (Å²) in [4.78, 5) is 12.1. The summed E-state index contributed by atoms with van der Waals surface area (Å²) in [7, 11) is 0. The summed E-state index contributed by atoms with van der Waals surface area (Å²) in [6, 6.07) is 5.56. The minimum absolute atomic E-state index is 0.390. The Morgan fingerprint density at radius 1 is 1.41 bits per heavy atom. The molecule has 1 aromatic rings. The molecule has 17 heavy (non-hydrogen) atoms. The smallest absolute Gasteiger partial charge is 0.335 e. The first-order chi connectivity index (χ1) is 8.16. The number of carbonyl (C=O) groups is 1. The molecule has 3 nitrogen and oxygen atoms in total. The molecule has 1 aliphatic heterocycles. The second-order valence-electron chi connectivity index (χ2n) is 4.21. The maximum absolute atomic E-state index is 10.9. The number of hydrogen-bond acceptors (Lipinski definition) is 3. The lowest BCUT2D eigenvalue weighted by Crippen LogP contribution is -2.17. The summed E-state index contributed by atoms with van der Waals surface area (Å²) in [5, 5.41) is 9.55. The molecule has 1 heterocycles. The average molecular weight is 252 g/mol. The van der Waals surface area contributed by atoms with Crippen LogP contribution in [0.3, 0.4) is 0 Å². The Hall–Kier alpha value is -1.00. The zero-order chi connectivity index (χ0) is 12.3. The van der Waals surface area contributed by atoms with Crippen molar-refractivity contribution >= 4 is 17.7 Å². The molecule has 0 aromatic heterocycles. The molecule has 0 spiro atoms. The fourth-order valence-electron chi connectivity index (χ4n) is 1.94. The lowest BCUT2D eigenvalue weighted by molar-refractivity contribution is 0.0696. The molecule has 2 rings (SSSR count). The van der Waals surface area contributed by atoms with E-state index in [1.54, 1.807) is 6.07 Å². The van der Waals surface area contributed by atoms with Gasteiger partial charge >= 0.3 is 5.97 Å². The molecule has 1 saturated heterocycles. The van der Waals surface area contributed by atoms with Gasteiger partial charge in [0.2, 0.25) is 0 Å². The van der Waals surface area contributed by atoms with Gasteiger partial charge in [0.1, 0.15) is 0 Å². The summed E-state index contributed by atoms with van der Waals surface area (Å²) >= 11 is 1.83. The molecule has 92 valence electrons. The Labute approximate surface area is 105 Å². The number of aryl methyl sites for hydroxylation is 1. The molecule has 0 unspecified atom stereocenters. The number of thioether (sulfide) groups is 1. The Morgan fingerprint density at radius 2 is 2.12 bits per heavy atom. The van der Waals surface area contributed by atoms with E-state index in [9.17, 15) is 4.79 Å². The molecule has 0 amide bonds. The van der Waals surface area contributed by atoms with Crippen LogP contribution in [0.15, 0.2) is 23.1 Å². The molecule has 1 aromatic carbocycles. The summed E-state index contributed by atoms with van der Waals surface area (Å²) in [5.41, 5.74) is 1.22. The van der Waals surface area contributed by atoms with Crippen LogP contribution in [0, 0.1) is 6.92 Å². The van der Waals surface area contributed by atoms with Crippen LogP contribution in [0.2, 0.25) is 0 Å². The third kappa shape index (κ3) is 3.23. The van der Waals surface area contributed by atoms with Crippen LogP contribution in [0.25, 0.3) is 0 Å². The van der Waals surface area contributed by atoms with Crippen molar-refractivity contribution in [2.75, 3.05) is 13.2 Å². The molecule has 0 radical (unpaired) electrons. The van der Waals surface area contributed by atoms with E-state index in [1.807, 2.05) is 30.8 Å². The van der Waals surface area contributed by atoms with Crippen molar-refractivity contribution in [2.24, 2.45) is 0 Å². The summed E-state index contributed by atoms with van der Waals surface area (Å²) < 4.78 is 5.32. The number of benzene rings is 1. The highest BCUT2D eigenvalue weighted by atomic mass is 32.2. The number of hydrogen-bond donors (Lipinski definition) is 1. The molecule has 0 bridgehead atoms. The number of carboxylic acids is 1. The third-order valence-corrected chi connectivity index (χ3v) is 4.23. The topological polar surface area (TPSA) is 46.5 Å². The first kappa shape index (κ1) is 12.5. The highest BCUT2D eigenvalue weighted by Crippen LogP contribution is 2.30. The van der Waals surface area contributed by atoms with Crippen molar-refractivity contribution < 1.29 is 14.6 Å². The van der Waals surface area contributed by atoms with Crippen LogP contribution < -0.4 is 0 Å². The fourth-order valence-corrected chi connectivity index (χ4v) is 3.14. The van der Waals surface area contributed by atoms with Gasteiger partial charge in [-0.1, -0.05) is 0 Å². The minimum Gasteiger partial charge on any atom is -0.478 e. The molecule has 0 saturated carbocycles. The van der Waals surface area contributed by atoms with Crippen molar-refractivity contribution in [3.05, 3.63) is 29.3 Å². The second-order valence-corrected chi connectivity index (χ2v) is 5.59. The zero-order valence-electron chi connectivity index (χ0n) is 9.81. The maximum Gasteiger partial charge on any atom is 0.335 e. The van der Waals surface area contributed by atoms with E-state index >= 15 is 0 Å². The highest BCUT2D eigenvalue weighted by molar-refractivity contribution is 8.00. The van der Waals surface area contributed by atoms with Crippen molar-refractivity contribution in [2.45, 2.75) is 29.9 Å². The Morgan fingerprint density at radius 3 is 2.71 bits per heavy atom. The summed E-state index contributed by atoms with van der Waals surface area (Å²) in [5.74, 6) is -0.856. The third-order valence-electron chi connectivity index (χ3n) is 2.90. The number of carboxylic acid groups (broad SMARTS) is 1. The van der Waals surface area contributed by atoms with E-state index in [0.29, 0.717) is 10.8 Å². The first-order valence-electron chi connectivity index (χ1n) is 5.75. The minimum atomic E-state index is -0.856. The Bertz CT molecular complexity index is 411. The van der Waals surface area contributed by atoms with Gasteiger partial charge in [-0.3, -0.25) is 0 Å². The van der Waals surface area contributed by atoms with E-state index in [4.69, 9.17) is 9.84 Å². The van der Waals surface area contributed by atoms with Gasteiger partial charge in [0, 0.05) is 23.4 Å². The van der Waals surface area contributed by atoms with Gasteiger partial charge in [-0.15, -0.1) is 11.8 Å². The van der Waals surface area contributed by atoms with E-state index in [0.717, 1.165) is 36.5 Å². The lowest BCUT2D eigenvalue weighted by Gasteiger charge is -2.21. The van der Waals surface area contributed by atoms with Crippen molar-refractivity contribution in [1.29, 1.82) is 0 Å². The van der Waals surface area contributed by atoms with Gasteiger partial charge < -0.3 is 9.84 Å². The Kier molecular flexibility index (Phi) is 4.07. The van der Waals surface area contributed by atoms with Crippen molar-refractivity contribution in [3.63, 3.8) is 0 Å². The van der Waals surface area contributed by atoms with Crippen molar-refractivity contribution in [1.82, 2.24) is 0 Å². The largest absolute Gasteiger partial charge is 0.478 e. The van der Waals surface area contributed by atoms with Gasteiger partial charge in [0.25, 0.3) is 0 Å². The van der Waals surface area contributed by atoms with Gasteiger partial charge in [-0.25, -0.2) is 4.79 Å². The van der Waals surface area contributed by atoms with Gasteiger partial charge in [0.05, 0.1) is 5.56 Å². The van der Waals surface area contributed by atoms with Gasteiger partial charge in [0.15, 0.2) is 0 Å². The predicted molar refractivity (Wildman–Crippen MR) is 67.8 cm³/mol. The molecular weight excluding hydrogens is 236 g/mol. The van der Waals surface area contributed by atoms with Crippen LogP contribution in [0.4, 0.5) is 0 Å². The predicted octanol–water partition coefficient (Wildman–Crippen LogP) is 2.96. The quantitative estimate of drug-likeness (QED) is 0.898. The van der Waals surface area contributed by atoms with E-state index < -0.39 is 5.97 Å². The van der Waals surface area contributed by atoms with Gasteiger partial charge in [-0.2, -0.15) is 0 Å². The number of rotatable bonds is 3. The van der Waals surface area contributed by atoms with Crippen molar-refractivity contribution in [3.8, 4) is 0 Å².